The fourth-order valence-electron chi connectivity index (χ4n) is 3.05. The van der Waals surface area contributed by atoms with Gasteiger partial charge >= 0.3 is 0 Å². The number of methoxy groups -OCH3 is 2. The van der Waals surface area contributed by atoms with Crippen molar-refractivity contribution in [3.05, 3.63) is 36.2 Å². The Morgan fingerprint density at radius 1 is 1.07 bits per heavy atom. The highest BCUT2D eigenvalue weighted by Gasteiger charge is 2.28. The third-order valence-electron chi connectivity index (χ3n) is 4.40. The van der Waals surface area contributed by atoms with Gasteiger partial charge in [-0.05, 0) is 12.5 Å². The molecule has 0 saturated heterocycles. The number of rotatable bonds is 7. The molecule has 27 heavy (non-hydrogen) atoms. The lowest BCUT2D eigenvalue weighted by molar-refractivity contribution is 0.0705. The van der Waals surface area contributed by atoms with Gasteiger partial charge in [-0.15, -0.1) is 0 Å². The van der Waals surface area contributed by atoms with Crippen molar-refractivity contribution >= 4 is 21.6 Å². The molecule has 0 aliphatic carbocycles. The van der Waals surface area contributed by atoms with E-state index in [1.165, 1.54) is 26.5 Å². The van der Waals surface area contributed by atoms with E-state index >= 15 is 0 Å². The van der Waals surface area contributed by atoms with Crippen molar-refractivity contribution in [1.29, 1.82) is 0 Å². The molecule has 0 saturated carbocycles. The summed E-state index contributed by atoms with van der Waals surface area (Å²) in [5.74, 6) is 0.787. The smallest absolute Gasteiger partial charge is 0.270 e. The largest absolute Gasteiger partial charge is 0.497 e. The van der Waals surface area contributed by atoms with Gasteiger partial charge in [-0.3, -0.25) is 9.52 Å². The molecule has 0 spiro atoms. The van der Waals surface area contributed by atoms with Crippen LogP contribution in [0.3, 0.4) is 0 Å². The SMILES string of the molecule is CCCN1CCn2cc(S(=O)(=O)Nc3cc(OC)cc(OC)c3)cc2C1=O. The molecule has 3 rings (SSSR count). The summed E-state index contributed by atoms with van der Waals surface area (Å²) in [5.41, 5.74) is 0.701. The van der Waals surface area contributed by atoms with Crippen molar-refractivity contribution < 1.29 is 22.7 Å². The lowest BCUT2D eigenvalue weighted by atomic mass is 10.2. The fourth-order valence-corrected chi connectivity index (χ4v) is 4.13. The average molecular weight is 393 g/mol. The Morgan fingerprint density at radius 3 is 2.33 bits per heavy atom. The van der Waals surface area contributed by atoms with Gasteiger partial charge in [-0.2, -0.15) is 0 Å². The zero-order valence-electron chi connectivity index (χ0n) is 15.6. The van der Waals surface area contributed by atoms with E-state index in [2.05, 4.69) is 4.72 Å². The van der Waals surface area contributed by atoms with Crippen molar-refractivity contribution in [2.75, 3.05) is 32.0 Å². The van der Waals surface area contributed by atoms with Crippen LogP contribution in [-0.2, 0) is 16.6 Å². The summed E-state index contributed by atoms with van der Waals surface area (Å²) in [7, 11) is -0.886. The lowest BCUT2D eigenvalue weighted by Crippen LogP contribution is -2.40. The topological polar surface area (TPSA) is 89.9 Å². The number of hydrogen-bond acceptors (Lipinski definition) is 5. The summed E-state index contributed by atoms with van der Waals surface area (Å²) in [6.07, 6.45) is 2.35. The van der Waals surface area contributed by atoms with Crippen molar-refractivity contribution in [3.8, 4) is 11.5 Å². The van der Waals surface area contributed by atoms with E-state index in [1.54, 1.807) is 27.7 Å². The van der Waals surface area contributed by atoms with E-state index in [-0.39, 0.29) is 10.8 Å². The van der Waals surface area contributed by atoms with Crippen LogP contribution in [0.2, 0.25) is 0 Å². The van der Waals surface area contributed by atoms with Crippen LogP contribution < -0.4 is 14.2 Å². The number of carbonyl (C=O) groups excluding carboxylic acids is 1. The lowest BCUT2D eigenvalue weighted by Gasteiger charge is -2.27. The highest BCUT2D eigenvalue weighted by atomic mass is 32.2. The van der Waals surface area contributed by atoms with Gasteiger partial charge in [0.25, 0.3) is 15.9 Å². The molecule has 1 amide bonds. The van der Waals surface area contributed by atoms with Crippen LogP contribution in [0, 0.1) is 0 Å². The summed E-state index contributed by atoms with van der Waals surface area (Å²) in [5, 5.41) is 0. The number of sulfonamides is 1. The Hall–Kier alpha value is -2.68. The molecule has 1 aliphatic rings. The number of fused-ring (bicyclic) bond motifs is 1. The maximum Gasteiger partial charge on any atom is 0.270 e. The van der Waals surface area contributed by atoms with Gasteiger partial charge in [0.2, 0.25) is 0 Å². The Bertz CT molecular complexity index is 930. The first-order valence-corrected chi connectivity index (χ1v) is 10.1. The van der Waals surface area contributed by atoms with E-state index in [0.717, 1.165) is 6.42 Å². The molecule has 1 aromatic carbocycles. The van der Waals surface area contributed by atoms with Gasteiger partial charge < -0.3 is 18.9 Å². The minimum atomic E-state index is -3.86. The van der Waals surface area contributed by atoms with E-state index in [1.807, 2.05) is 6.92 Å². The fraction of sp³-hybridized carbons (Fsp3) is 0.389. The van der Waals surface area contributed by atoms with Gasteiger partial charge in [0.1, 0.15) is 22.1 Å². The van der Waals surface area contributed by atoms with Gasteiger partial charge in [0, 0.05) is 44.0 Å². The minimum Gasteiger partial charge on any atom is -0.497 e. The predicted molar refractivity (Wildman–Crippen MR) is 101 cm³/mol. The molecule has 1 N–H and O–H groups in total. The number of hydrogen-bond donors (Lipinski definition) is 1. The molecule has 0 fully saturated rings. The van der Waals surface area contributed by atoms with Gasteiger partial charge in [0.15, 0.2) is 0 Å². The van der Waals surface area contributed by atoms with E-state index in [0.29, 0.717) is 42.5 Å². The summed E-state index contributed by atoms with van der Waals surface area (Å²) in [6, 6.07) is 6.19. The van der Waals surface area contributed by atoms with E-state index in [9.17, 15) is 13.2 Å². The minimum absolute atomic E-state index is 0.0472. The molecular formula is C18H23N3O5S. The molecule has 0 atom stereocenters. The Morgan fingerprint density at radius 2 is 1.74 bits per heavy atom. The number of amides is 1. The van der Waals surface area contributed by atoms with Crippen LogP contribution in [0.5, 0.6) is 11.5 Å². The molecule has 146 valence electrons. The van der Waals surface area contributed by atoms with Crippen LogP contribution in [0.4, 0.5) is 5.69 Å². The maximum atomic E-state index is 12.8. The molecule has 1 aliphatic heterocycles. The second-order valence-corrected chi connectivity index (χ2v) is 7.94. The predicted octanol–water partition coefficient (Wildman–Crippen LogP) is 2.17. The van der Waals surface area contributed by atoms with Crippen LogP contribution in [0.15, 0.2) is 35.4 Å². The molecule has 2 aromatic rings. The number of carbonyl (C=O) groups is 1. The molecule has 0 unspecified atom stereocenters. The Balaban J connectivity index is 1.89. The quantitative estimate of drug-likeness (QED) is 0.779. The summed E-state index contributed by atoms with van der Waals surface area (Å²) < 4.78 is 40.1. The average Bonchev–Trinajstić information content (AvgIpc) is 3.09. The van der Waals surface area contributed by atoms with Crippen LogP contribution in [0.25, 0.3) is 0 Å². The molecule has 8 nitrogen and oxygen atoms in total. The second kappa shape index (κ2) is 7.51. The third-order valence-corrected chi connectivity index (χ3v) is 5.74. The molecular weight excluding hydrogens is 370 g/mol. The molecule has 9 heteroatoms. The number of ether oxygens (including phenoxy) is 2. The van der Waals surface area contributed by atoms with Crippen LogP contribution in [-0.4, -0.2) is 51.1 Å². The number of nitrogens with zero attached hydrogens (tertiary/aromatic N) is 2. The number of anilines is 1. The number of nitrogens with one attached hydrogen (secondary N) is 1. The third kappa shape index (κ3) is 3.87. The van der Waals surface area contributed by atoms with Crippen LogP contribution in [0.1, 0.15) is 23.8 Å². The van der Waals surface area contributed by atoms with Crippen molar-refractivity contribution in [2.45, 2.75) is 24.8 Å². The van der Waals surface area contributed by atoms with Gasteiger partial charge in [-0.1, -0.05) is 6.92 Å². The first-order valence-electron chi connectivity index (χ1n) is 8.63. The number of aromatic nitrogens is 1. The second-order valence-electron chi connectivity index (χ2n) is 6.25. The van der Waals surface area contributed by atoms with Gasteiger partial charge in [-0.25, -0.2) is 8.42 Å². The first kappa shape index (κ1) is 19.1. The zero-order valence-corrected chi connectivity index (χ0v) is 16.4. The van der Waals surface area contributed by atoms with E-state index < -0.39 is 10.0 Å². The summed E-state index contributed by atoms with van der Waals surface area (Å²) in [4.78, 5) is 14.3. The standard InChI is InChI=1S/C18H23N3O5S/c1-4-5-20-6-7-21-12-16(11-17(21)18(20)22)27(23,24)19-13-8-14(25-2)10-15(9-13)26-3/h8-12,19H,4-7H2,1-3H3. The van der Waals surface area contributed by atoms with Crippen molar-refractivity contribution in [3.63, 3.8) is 0 Å². The highest BCUT2D eigenvalue weighted by Crippen LogP contribution is 2.28. The molecule has 0 radical (unpaired) electrons. The highest BCUT2D eigenvalue weighted by molar-refractivity contribution is 7.92. The van der Waals surface area contributed by atoms with Crippen LogP contribution >= 0.6 is 0 Å². The maximum absolute atomic E-state index is 12.8. The summed E-state index contributed by atoms with van der Waals surface area (Å²) in [6.45, 7) is 3.81. The zero-order chi connectivity index (χ0) is 19.6. The molecule has 0 bridgehead atoms. The Kier molecular flexibility index (Phi) is 5.31. The monoisotopic (exact) mass is 393 g/mol. The molecule has 2 heterocycles. The molecule has 1 aromatic heterocycles. The normalized spacial score (nSPS) is 14.0. The van der Waals surface area contributed by atoms with E-state index in [4.69, 9.17) is 9.47 Å². The van der Waals surface area contributed by atoms with Crippen molar-refractivity contribution in [2.24, 2.45) is 0 Å². The number of benzene rings is 1. The van der Waals surface area contributed by atoms with Gasteiger partial charge in [0.05, 0.1) is 19.9 Å². The Labute approximate surface area is 158 Å². The summed E-state index contributed by atoms with van der Waals surface area (Å²) >= 11 is 0. The first-order chi connectivity index (χ1) is 12.9. The van der Waals surface area contributed by atoms with Crippen molar-refractivity contribution in [1.82, 2.24) is 9.47 Å².